The van der Waals surface area contributed by atoms with Crippen molar-refractivity contribution in [2.45, 2.75) is 59.5 Å². The summed E-state index contributed by atoms with van der Waals surface area (Å²) in [7, 11) is 0. The lowest BCUT2D eigenvalue weighted by atomic mass is 9.98. The van der Waals surface area contributed by atoms with Gasteiger partial charge in [0.15, 0.2) is 0 Å². The predicted molar refractivity (Wildman–Crippen MR) is 86.9 cm³/mol. The standard InChI is InChI=1S/C16H33N3O.H2/c1-6-14(5)15(17-16(20)7-2)12-18-8-10-19(11-9-18)13(3)4;/h13-15H,6-12H2,1-5H3,(H,17,20);1H/t14?,15-;/m1./s1. The fraction of sp³-hybridized carbons (Fsp3) is 0.938. The highest BCUT2D eigenvalue weighted by molar-refractivity contribution is 5.75. The van der Waals surface area contributed by atoms with E-state index in [1.807, 2.05) is 6.92 Å². The van der Waals surface area contributed by atoms with Gasteiger partial charge < -0.3 is 5.32 Å². The van der Waals surface area contributed by atoms with E-state index in [1.54, 1.807) is 0 Å². The number of amides is 1. The van der Waals surface area contributed by atoms with E-state index < -0.39 is 0 Å². The summed E-state index contributed by atoms with van der Waals surface area (Å²) in [6, 6.07) is 0.931. The van der Waals surface area contributed by atoms with E-state index in [2.05, 4.69) is 42.8 Å². The number of nitrogens with zero attached hydrogens (tertiary/aromatic N) is 2. The second kappa shape index (κ2) is 8.63. The fourth-order valence-corrected chi connectivity index (χ4v) is 2.70. The normalized spacial score (nSPS) is 20.9. The Balaban J connectivity index is 0.00000400. The van der Waals surface area contributed by atoms with E-state index in [0.717, 1.165) is 39.1 Å². The van der Waals surface area contributed by atoms with Gasteiger partial charge in [-0.2, -0.15) is 0 Å². The molecule has 4 heteroatoms. The minimum Gasteiger partial charge on any atom is -0.352 e. The van der Waals surface area contributed by atoms with Crippen molar-refractivity contribution in [3.63, 3.8) is 0 Å². The Kier molecular flexibility index (Phi) is 7.52. The van der Waals surface area contributed by atoms with Crippen LogP contribution in [0.4, 0.5) is 0 Å². The van der Waals surface area contributed by atoms with Gasteiger partial charge in [-0.1, -0.05) is 27.2 Å². The van der Waals surface area contributed by atoms with Crippen LogP contribution >= 0.6 is 0 Å². The summed E-state index contributed by atoms with van der Waals surface area (Å²) >= 11 is 0. The van der Waals surface area contributed by atoms with Gasteiger partial charge in [0.05, 0.1) is 0 Å². The number of carbonyl (C=O) groups is 1. The van der Waals surface area contributed by atoms with Crippen LogP contribution in [0.25, 0.3) is 0 Å². The summed E-state index contributed by atoms with van der Waals surface area (Å²) in [4.78, 5) is 16.7. The monoisotopic (exact) mass is 285 g/mol. The van der Waals surface area contributed by atoms with E-state index in [0.29, 0.717) is 18.4 Å². The molecule has 0 aliphatic carbocycles. The molecule has 0 spiro atoms. The molecule has 0 aromatic carbocycles. The SMILES string of the molecule is CCC(=O)N[C@H](CN1CCN(C(C)C)CC1)C(C)CC.[HH]. The molecule has 1 rings (SSSR count). The van der Waals surface area contributed by atoms with Crippen molar-refractivity contribution in [2.24, 2.45) is 5.92 Å². The van der Waals surface area contributed by atoms with Crippen LogP contribution in [0.1, 0.15) is 48.9 Å². The Bertz CT molecular complexity index is 291. The number of nitrogens with one attached hydrogen (secondary N) is 1. The second-order valence-electron chi connectivity index (χ2n) is 6.34. The minimum absolute atomic E-state index is 0. The Morgan fingerprint density at radius 2 is 1.75 bits per heavy atom. The van der Waals surface area contributed by atoms with Crippen LogP contribution in [-0.2, 0) is 4.79 Å². The topological polar surface area (TPSA) is 35.6 Å². The molecular formula is C16H35N3O. The average Bonchev–Trinajstić information content (AvgIpc) is 2.46. The van der Waals surface area contributed by atoms with Gasteiger partial charge in [0.25, 0.3) is 0 Å². The highest BCUT2D eigenvalue weighted by Crippen LogP contribution is 2.12. The van der Waals surface area contributed by atoms with Crippen LogP contribution in [0.5, 0.6) is 0 Å². The smallest absolute Gasteiger partial charge is 0.219 e. The molecule has 0 radical (unpaired) electrons. The lowest BCUT2D eigenvalue weighted by Gasteiger charge is -2.39. The van der Waals surface area contributed by atoms with Crippen LogP contribution in [0, 0.1) is 5.92 Å². The lowest BCUT2D eigenvalue weighted by Crippen LogP contribution is -2.54. The molecule has 1 aliphatic heterocycles. The molecule has 1 fully saturated rings. The summed E-state index contributed by atoms with van der Waals surface area (Å²) in [6.07, 6.45) is 1.69. The molecule has 1 unspecified atom stereocenters. The van der Waals surface area contributed by atoms with Crippen LogP contribution in [0.2, 0.25) is 0 Å². The quantitative estimate of drug-likeness (QED) is 0.779. The maximum absolute atomic E-state index is 11.7. The van der Waals surface area contributed by atoms with E-state index in [9.17, 15) is 4.79 Å². The molecule has 1 amide bonds. The molecule has 120 valence electrons. The van der Waals surface area contributed by atoms with Crippen LogP contribution in [0.15, 0.2) is 0 Å². The Morgan fingerprint density at radius 1 is 1.15 bits per heavy atom. The summed E-state index contributed by atoms with van der Waals surface area (Å²) < 4.78 is 0. The molecule has 1 aliphatic rings. The number of carbonyl (C=O) groups excluding carboxylic acids is 1. The van der Waals surface area contributed by atoms with E-state index in [-0.39, 0.29) is 13.4 Å². The Labute approximate surface area is 126 Å². The first-order chi connectivity index (χ1) is 9.47. The maximum atomic E-state index is 11.7. The van der Waals surface area contributed by atoms with E-state index >= 15 is 0 Å². The largest absolute Gasteiger partial charge is 0.352 e. The first-order valence-electron chi connectivity index (χ1n) is 8.23. The molecule has 0 aromatic rings. The zero-order valence-corrected chi connectivity index (χ0v) is 14.0. The third-order valence-electron chi connectivity index (χ3n) is 4.59. The number of piperazine rings is 1. The van der Waals surface area contributed by atoms with E-state index in [1.165, 1.54) is 0 Å². The van der Waals surface area contributed by atoms with Gasteiger partial charge in [0, 0.05) is 52.7 Å². The molecule has 20 heavy (non-hydrogen) atoms. The maximum Gasteiger partial charge on any atom is 0.219 e. The van der Waals surface area contributed by atoms with Crippen molar-refractivity contribution in [3.05, 3.63) is 0 Å². The van der Waals surface area contributed by atoms with Gasteiger partial charge >= 0.3 is 0 Å². The lowest BCUT2D eigenvalue weighted by molar-refractivity contribution is -0.122. The number of hydrogen-bond acceptors (Lipinski definition) is 3. The van der Waals surface area contributed by atoms with Gasteiger partial charge in [0.1, 0.15) is 0 Å². The van der Waals surface area contributed by atoms with Gasteiger partial charge in [-0.15, -0.1) is 0 Å². The molecule has 0 saturated carbocycles. The molecule has 1 heterocycles. The molecule has 1 saturated heterocycles. The van der Waals surface area contributed by atoms with Crippen molar-refractivity contribution in [1.29, 1.82) is 0 Å². The molecule has 1 N–H and O–H groups in total. The first kappa shape index (κ1) is 17.4. The Hall–Kier alpha value is -0.610. The summed E-state index contributed by atoms with van der Waals surface area (Å²) in [5.41, 5.74) is 0. The van der Waals surface area contributed by atoms with Gasteiger partial charge in [-0.05, 0) is 19.8 Å². The second-order valence-corrected chi connectivity index (χ2v) is 6.34. The highest BCUT2D eigenvalue weighted by Gasteiger charge is 2.24. The van der Waals surface area contributed by atoms with Crippen LogP contribution < -0.4 is 5.32 Å². The zero-order valence-electron chi connectivity index (χ0n) is 14.0. The van der Waals surface area contributed by atoms with Crippen LogP contribution in [0.3, 0.4) is 0 Å². The zero-order chi connectivity index (χ0) is 15.1. The van der Waals surface area contributed by atoms with Crippen molar-refractivity contribution in [1.82, 2.24) is 15.1 Å². The fourth-order valence-electron chi connectivity index (χ4n) is 2.70. The van der Waals surface area contributed by atoms with Crippen LogP contribution in [-0.4, -0.2) is 60.5 Å². The highest BCUT2D eigenvalue weighted by atomic mass is 16.1. The number of hydrogen-bond donors (Lipinski definition) is 1. The summed E-state index contributed by atoms with van der Waals surface area (Å²) in [5, 5.41) is 3.20. The molecule has 4 nitrogen and oxygen atoms in total. The van der Waals surface area contributed by atoms with Crippen molar-refractivity contribution in [2.75, 3.05) is 32.7 Å². The van der Waals surface area contributed by atoms with Gasteiger partial charge in [0.2, 0.25) is 5.91 Å². The average molecular weight is 285 g/mol. The van der Waals surface area contributed by atoms with Gasteiger partial charge in [-0.3, -0.25) is 14.6 Å². The molecule has 0 aromatic heterocycles. The van der Waals surface area contributed by atoms with Crippen molar-refractivity contribution >= 4 is 5.91 Å². The third-order valence-corrected chi connectivity index (χ3v) is 4.59. The molecule has 0 bridgehead atoms. The number of rotatable bonds is 7. The summed E-state index contributed by atoms with van der Waals surface area (Å²) in [6.45, 7) is 16.4. The van der Waals surface area contributed by atoms with E-state index in [4.69, 9.17) is 0 Å². The van der Waals surface area contributed by atoms with Gasteiger partial charge in [-0.25, -0.2) is 0 Å². The van der Waals surface area contributed by atoms with Crippen molar-refractivity contribution in [3.8, 4) is 0 Å². The summed E-state index contributed by atoms with van der Waals surface area (Å²) in [5.74, 6) is 0.713. The molecular weight excluding hydrogens is 250 g/mol. The molecule has 2 atom stereocenters. The Morgan fingerprint density at radius 3 is 2.20 bits per heavy atom. The van der Waals surface area contributed by atoms with Crippen molar-refractivity contribution < 1.29 is 6.22 Å². The predicted octanol–water partition coefficient (Wildman–Crippen LogP) is 2.20. The minimum atomic E-state index is 0. The first-order valence-corrected chi connectivity index (χ1v) is 8.23. The third kappa shape index (κ3) is 5.41.